The zero-order chi connectivity index (χ0) is 16.5. The third-order valence-electron chi connectivity index (χ3n) is 2.79. The lowest BCUT2D eigenvalue weighted by atomic mass is 10.1. The summed E-state index contributed by atoms with van der Waals surface area (Å²) in [5.41, 5.74) is -1.59. The van der Waals surface area contributed by atoms with E-state index in [4.69, 9.17) is 16.3 Å². The smallest absolute Gasteiger partial charge is 0.423 e. The van der Waals surface area contributed by atoms with Crippen LogP contribution < -0.4 is 4.74 Å². The molecule has 0 N–H and O–H groups in total. The Morgan fingerprint density at radius 3 is 2.45 bits per heavy atom. The van der Waals surface area contributed by atoms with E-state index in [1.807, 2.05) is 0 Å². The fourth-order valence-electron chi connectivity index (χ4n) is 1.78. The highest BCUT2D eigenvalue weighted by Gasteiger charge is 2.38. The van der Waals surface area contributed by atoms with E-state index >= 15 is 0 Å². The number of alkyl halides is 3. The summed E-state index contributed by atoms with van der Waals surface area (Å²) in [5, 5.41) is 11.1. The molecule has 0 heterocycles. The first-order valence-electron chi connectivity index (χ1n) is 5.98. The van der Waals surface area contributed by atoms with Crippen molar-refractivity contribution in [3.63, 3.8) is 0 Å². The molecule has 0 unspecified atom stereocenters. The fraction of sp³-hybridized carbons (Fsp3) is 0.143. The van der Waals surface area contributed by atoms with Crippen molar-refractivity contribution in [2.24, 2.45) is 0 Å². The Labute approximate surface area is 128 Å². The minimum Gasteiger partial charge on any atom is -0.456 e. The number of hydrogen-bond acceptors (Lipinski definition) is 3. The molecule has 2 aromatic carbocycles. The van der Waals surface area contributed by atoms with Crippen LogP contribution in [0.25, 0.3) is 0 Å². The molecule has 0 saturated carbocycles. The highest BCUT2D eigenvalue weighted by molar-refractivity contribution is 6.32. The summed E-state index contributed by atoms with van der Waals surface area (Å²) in [5.74, 6) is 0.0999. The third kappa shape index (κ3) is 3.48. The summed E-state index contributed by atoms with van der Waals surface area (Å²) in [7, 11) is 0. The van der Waals surface area contributed by atoms with E-state index in [1.54, 1.807) is 25.1 Å². The standard InChI is InChI=1S/C14H9ClF3NO3/c1-8-2-5-11(15)13(6-8)22-9-3-4-10(14(16,17)18)12(7-9)19(20)21/h2-7H,1H3. The maximum absolute atomic E-state index is 12.7. The SMILES string of the molecule is Cc1ccc(Cl)c(Oc2ccc(C(F)(F)F)c([N+](=O)[O-])c2)c1. The van der Waals surface area contributed by atoms with E-state index in [2.05, 4.69) is 0 Å². The first-order chi connectivity index (χ1) is 10.2. The average Bonchev–Trinajstić information content (AvgIpc) is 2.41. The highest BCUT2D eigenvalue weighted by atomic mass is 35.5. The molecular formula is C14H9ClF3NO3. The van der Waals surface area contributed by atoms with Gasteiger partial charge in [-0.25, -0.2) is 0 Å². The molecule has 0 saturated heterocycles. The predicted octanol–water partition coefficient (Wildman–Crippen LogP) is 5.37. The van der Waals surface area contributed by atoms with E-state index < -0.39 is 22.4 Å². The quantitative estimate of drug-likeness (QED) is 0.561. The minimum absolute atomic E-state index is 0.104. The van der Waals surface area contributed by atoms with Crippen LogP contribution in [0.5, 0.6) is 11.5 Å². The highest BCUT2D eigenvalue weighted by Crippen LogP contribution is 2.39. The van der Waals surface area contributed by atoms with Crippen LogP contribution in [-0.2, 0) is 6.18 Å². The van der Waals surface area contributed by atoms with Crippen molar-refractivity contribution >= 4 is 17.3 Å². The van der Waals surface area contributed by atoms with Gasteiger partial charge in [0.05, 0.1) is 16.0 Å². The zero-order valence-corrected chi connectivity index (χ0v) is 11.9. The minimum atomic E-state index is -4.82. The molecule has 0 bridgehead atoms. The molecule has 0 aliphatic rings. The van der Waals surface area contributed by atoms with E-state index in [0.717, 1.165) is 17.7 Å². The van der Waals surface area contributed by atoms with Gasteiger partial charge in [0.1, 0.15) is 17.1 Å². The fourth-order valence-corrected chi connectivity index (χ4v) is 1.94. The monoisotopic (exact) mass is 331 g/mol. The summed E-state index contributed by atoms with van der Waals surface area (Å²) in [6.07, 6.45) is -4.82. The second-order valence-corrected chi connectivity index (χ2v) is 4.88. The topological polar surface area (TPSA) is 52.4 Å². The maximum atomic E-state index is 12.7. The van der Waals surface area contributed by atoms with Gasteiger partial charge in [-0.1, -0.05) is 17.7 Å². The molecule has 8 heteroatoms. The molecule has 2 aromatic rings. The van der Waals surface area contributed by atoms with Crippen LogP contribution in [-0.4, -0.2) is 4.92 Å². The van der Waals surface area contributed by atoms with E-state index in [9.17, 15) is 23.3 Å². The summed E-state index contributed by atoms with van der Waals surface area (Å²) < 4.78 is 43.5. The van der Waals surface area contributed by atoms with Crippen LogP contribution in [0.3, 0.4) is 0 Å². The summed E-state index contributed by atoms with van der Waals surface area (Å²) in [6, 6.07) is 7.20. The molecule has 2 rings (SSSR count). The van der Waals surface area contributed by atoms with Gasteiger partial charge in [-0.3, -0.25) is 10.1 Å². The maximum Gasteiger partial charge on any atom is 0.423 e. The predicted molar refractivity (Wildman–Crippen MR) is 74.4 cm³/mol. The van der Waals surface area contributed by atoms with Crippen LogP contribution in [0.1, 0.15) is 11.1 Å². The summed E-state index contributed by atoms with van der Waals surface area (Å²) in [6.45, 7) is 1.78. The summed E-state index contributed by atoms with van der Waals surface area (Å²) >= 11 is 5.91. The van der Waals surface area contributed by atoms with Crippen LogP contribution in [0.4, 0.5) is 18.9 Å². The number of nitro groups is 1. The molecule has 0 amide bonds. The molecule has 0 atom stereocenters. The zero-order valence-electron chi connectivity index (χ0n) is 11.1. The van der Waals surface area contributed by atoms with Gasteiger partial charge >= 0.3 is 6.18 Å². The number of rotatable bonds is 3. The molecule has 0 aliphatic carbocycles. The number of halogens is 4. The molecule has 0 aromatic heterocycles. The van der Waals surface area contributed by atoms with Crippen LogP contribution >= 0.6 is 11.6 Å². The van der Waals surface area contributed by atoms with Crippen molar-refractivity contribution in [1.82, 2.24) is 0 Å². The molecule has 4 nitrogen and oxygen atoms in total. The Balaban J connectivity index is 2.43. The lowest BCUT2D eigenvalue weighted by Crippen LogP contribution is -2.08. The van der Waals surface area contributed by atoms with Crippen molar-refractivity contribution in [3.05, 3.63) is 62.7 Å². The Morgan fingerprint density at radius 2 is 1.86 bits per heavy atom. The first kappa shape index (κ1) is 16.1. The molecule has 0 radical (unpaired) electrons. The Kier molecular flexibility index (Phi) is 4.27. The largest absolute Gasteiger partial charge is 0.456 e. The van der Waals surface area contributed by atoms with Crippen molar-refractivity contribution in [1.29, 1.82) is 0 Å². The van der Waals surface area contributed by atoms with Gasteiger partial charge in [-0.05, 0) is 36.8 Å². The molecular weight excluding hydrogens is 323 g/mol. The van der Waals surface area contributed by atoms with Crippen molar-refractivity contribution in [2.45, 2.75) is 13.1 Å². The average molecular weight is 332 g/mol. The van der Waals surface area contributed by atoms with Gasteiger partial charge in [0, 0.05) is 0 Å². The number of hydrogen-bond donors (Lipinski definition) is 0. The Morgan fingerprint density at radius 1 is 1.18 bits per heavy atom. The molecule has 0 aliphatic heterocycles. The first-order valence-corrected chi connectivity index (χ1v) is 6.36. The lowest BCUT2D eigenvalue weighted by molar-refractivity contribution is -0.388. The van der Waals surface area contributed by atoms with E-state index in [0.29, 0.717) is 6.07 Å². The molecule has 116 valence electrons. The van der Waals surface area contributed by atoms with Crippen LogP contribution in [0.2, 0.25) is 5.02 Å². The van der Waals surface area contributed by atoms with Crippen LogP contribution in [0.15, 0.2) is 36.4 Å². The second kappa shape index (κ2) is 5.84. The van der Waals surface area contributed by atoms with Crippen molar-refractivity contribution in [3.8, 4) is 11.5 Å². The van der Waals surface area contributed by atoms with Crippen LogP contribution in [0, 0.1) is 17.0 Å². The van der Waals surface area contributed by atoms with Gasteiger partial charge in [-0.2, -0.15) is 13.2 Å². The van der Waals surface area contributed by atoms with Gasteiger partial charge in [0.2, 0.25) is 0 Å². The number of nitro benzene ring substituents is 1. The van der Waals surface area contributed by atoms with Gasteiger partial charge in [-0.15, -0.1) is 0 Å². The van der Waals surface area contributed by atoms with E-state index in [1.165, 1.54) is 0 Å². The Bertz CT molecular complexity index is 732. The van der Waals surface area contributed by atoms with Gasteiger partial charge in [0.15, 0.2) is 0 Å². The van der Waals surface area contributed by atoms with Crippen molar-refractivity contribution in [2.75, 3.05) is 0 Å². The molecule has 0 spiro atoms. The second-order valence-electron chi connectivity index (χ2n) is 4.47. The lowest BCUT2D eigenvalue weighted by Gasteiger charge is -2.11. The number of aryl methyl sites for hydroxylation is 1. The van der Waals surface area contributed by atoms with E-state index in [-0.39, 0.29) is 16.5 Å². The normalized spacial score (nSPS) is 11.3. The molecule has 0 fully saturated rings. The number of ether oxygens (including phenoxy) is 1. The Hall–Kier alpha value is -2.28. The van der Waals surface area contributed by atoms with Gasteiger partial charge < -0.3 is 4.74 Å². The van der Waals surface area contributed by atoms with Crippen molar-refractivity contribution < 1.29 is 22.8 Å². The summed E-state index contributed by atoms with van der Waals surface area (Å²) in [4.78, 5) is 9.71. The molecule has 22 heavy (non-hydrogen) atoms. The number of benzene rings is 2. The number of nitrogens with zero attached hydrogens (tertiary/aromatic N) is 1. The third-order valence-corrected chi connectivity index (χ3v) is 3.10. The van der Waals surface area contributed by atoms with Gasteiger partial charge in [0.25, 0.3) is 5.69 Å².